The second kappa shape index (κ2) is 7.77. The first-order valence-electron chi connectivity index (χ1n) is 6.97. The van der Waals surface area contributed by atoms with Gasteiger partial charge in [-0.2, -0.15) is 0 Å². The van der Waals surface area contributed by atoms with E-state index in [0.29, 0.717) is 23.7 Å². The number of ether oxygens (including phenoxy) is 1. The summed E-state index contributed by atoms with van der Waals surface area (Å²) in [5, 5.41) is 3.81. The van der Waals surface area contributed by atoms with Crippen LogP contribution < -0.4 is 11.1 Å². The van der Waals surface area contributed by atoms with Gasteiger partial charge in [0, 0.05) is 34.3 Å². The van der Waals surface area contributed by atoms with Crippen molar-refractivity contribution in [2.75, 3.05) is 25.5 Å². The summed E-state index contributed by atoms with van der Waals surface area (Å²) in [4.78, 5) is 12.8. The monoisotopic (exact) mass is 370 g/mol. The lowest BCUT2D eigenvalue weighted by molar-refractivity contribution is 0.0946. The van der Waals surface area contributed by atoms with Gasteiger partial charge in [-0.3, -0.25) is 4.79 Å². The molecule has 4 nitrogen and oxygen atoms in total. The Balaban J connectivity index is 1.95. The molecule has 2 aromatic rings. The highest BCUT2D eigenvalue weighted by Crippen LogP contribution is 2.35. The van der Waals surface area contributed by atoms with E-state index in [4.69, 9.17) is 10.5 Å². The number of amides is 1. The van der Waals surface area contributed by atoms with E-state index in [0.717, 1.165) is 34.0 Å². The average Bonchev–Trinajstić information content (AvgIpc) is 2.79. The number of nitrogens with one attached hydrogen (secondary N) is 1. The Morgan fingerprint density at radius 2 is 2.24 bits per heavy atom. The summed E-state index contributed by atoms with van der Waals surface area (Å²) >= 11 is 4.84. The summed E-state index contributed by atoms with van der Waals surface area (Å²) in [5.74, 6) is -0.111. The number of nitrogens with two attached hydrogens (primary N) is 1. The first kappa shape index (κ1) is 16.3. The number of carbonyl (C=O) groups excluding carboxylic acids is 1. The van der Waals surface area contributed by atoms with Crippen molar-refractivity contribution in [3.05, 3.63) is 27.5 Å². The molecule has 0 aliphatic carbocycles. The number of halogens is 1. The summed E-state index contributed by atoms with van der Waals surface area (Å²) in [6.07, 6.45) is 1.82. The van der Waals surface area contributed by atoms with Crippen molar-refractivity contribution in [1.82, 2.24) is 5.32 Å². The number of carbonyl (C=O) groups is 1. The highest BCUT2D eigenvalue weighted by atomic mass is 79.9. The van der Waals surface area contributed by atoms with Crippen molar-refractivity contribution in [3.63, 3.8) is 0 Å². The van der Waals surface area contributed by atoms with Gasteiger partial charge >= 0.3 is 0 Å². The van der Waals surface area contributed by atoms with E-state index in [1.54, 1.807) is 0 Å². The number of anilines is 1. The molecule has 1 aromatic carbocycles. The van der Waals surface area contributed by atoms with Crippen LogP contribution in [0.1, 0.15) is 29.4 Å². The van der Waals surface area contributed by atoms with Gasteiger partial charge < -0.3 is 15.8 Å². The third kappa shape index (κ3) is 4.18. The number of hydrogen-bond acceptors (Lipinski definition) is 4. The van der Waals surface area contributed by atoms with Crippen molar-refractivity contribution in [3.8, 4) is 0 Å². The molecular formula is C15H19BrN2O2S. The van der Waals surface area contributed by atoms with Gasteiger partial charge in [0.25, 0.3) is 5.91 Å². The molecule has 114 valence electrons. The van der Waals surface area contributed by atoms with Crippen LogP contribution in [0.25, 0.3) is 10.1 Å². The number of thiophene rings is 1. The molecule has 0 unspecified atom stereocenters. The normalized spacial score (nSPS) is 11.0. The zero-order valence-electron chi connectivity index (χ0n) is 11.9. The second-order valence-electron chi connectivity index (χ2n) is 4.71. The Kier molecular flexibility index (Phi) is 6.02. The summed E-state index contributed by atoms with van der Waals surface area (Å²) in [5.41, 5.74) is 6.63. The van der Waals surface area contributed by atoms with Gasteiger partial charge in [-0.15, -0.1) is 11.3 Å². The highest BCUT2D eigenvalue weighted by Gasteiger charge is 2.16. The predicted molar refractivity (Wildman–Crippen MR) is 92.0 cm³/mol. The fraction of sp³-hybridized carbons (Fsp3) is 0.400. The molecule has 0 spiro atoms. The van der Waals surface area contributed by atoms with Crippen molar-refractivity contribution in [2.24, 2.45) is 0 Å². The molecular weight excluding hydrogens is 352 g/mol. The fourth-order valence-electron chi connectivity index (χ4n) is 1.96. The molecule has 0 saturated carbocycles. The molecule has 0 atom stereocenters. The quantitative estimate of drug-likeness (QED) is 0.728. The molecule has 3 N–H and O–H groups in total. The van der Waals surface area contributed by atoms with Crippen molar-refractivity contribution in [1.29, 1.82) is 0 Å². The molecule has 6 heteroatoms. The summed E-state index contributed by atoms with van der Waals surface area (Å²) in [6, 6.07) is 5.86. The maximum absolute atomic E-state index is 12.2. The highest BCUT2D eigenvalue weighted by molar-refractivity contribution is 9.10. The Morgan fingerprint density at radius 3 is 3.00 bits per heavy atom. The van der Waals surface area contributed by atoms with Gasteiger partial charge in [0.05, 0.1) is 5.69 Å². The van der Waals surface area contributed by atoms with Gasteiger partial charge in [-0.1, -0.05) is 22.9 Å². The Hall–Kier alpha value is -1.11. The molecule has 0 bridgehead atoms. The van der Waals surface area contributed by atoms with Crippen LogP contribution in [-0.2, 0) is 4.74 Å². The number of hydrogen-bond donors (Lipinski definition) is 2. The maximum Gasteiger partial charge on any atom is 0.263 e. The summed E-state index contributed by atoms with van der Waals surface area (Å²) < 4.78 is 7.36. The van der Waals surface area contributed by atoms with Gasteiger partial charge in [-0.25, -0.2) is 0 Å². The average molecular weight is 371 g/mol. The zero-order chi connectivity index (χ0) is 15.2. The molecule has 0 fully saturated rings. The molecule has 0 aliphatic heterocycles. The molecule has 2 rings (SSSR count). The van der Waals surface area contributed by atoms with E-state index in [-0.39, 0.29) is 5.91 Å². The standard InChI is InChI=1S/C15H19BrN2O2S/c1-2-7-20-8-3-6-18-15(19)14-13(17)11-9-10(16)4-5-12(11)21-14/h4-5,9H,2-3,6-8,17H2,1H3,(H,18,19). The molecule has 0 radical (unpaired) electrons. The molecule has 1 aromatic heterocycles. The van der Waals surface area contributed by atoms with Crippen molar-refractivity contribution >= 4 is 48.9 Å². The van der Waals surface area contributed by atoms with E-state index in [2.05, 4.69) is 28.2 Å². The molecule has 1 amide bonds. The SMILES string of the molecule is CCCOCCCNC(=O)c1sc2ccc(Br)cc2c1N. The van der Waals surface area contributed by atoms with Crippen LogP contribution in [0.15, 0.2) is 22.7 Å². The first-order chi connectivity index (χ1) is 10.1. The minimum absolute atomic E-state index is 0.111. The lowest BCUT2D eigenvalue weighted by Crippen LogP contribution is -2.25. The van der Waals surface area contributed by atoms with E-state index in [1.807, 2.05) is 18.2 Å². The Bertz CT molecular complexity index is 627. The van der Waals surface area contributed by atoms with E-state index in [1.165, 1.54) is 11.3 Å². The van der Waals surface area contributed by atoms with Crippen LogP contribution >= 0.6 is 27.3 Å². The molecule has 1 heterocycles. The van der Waals surface area contributed by atoms with Gasteiger partial charge in [-0.05, 0) is 31.0 Å². The number of benzene rings is 1. The number of fused-ring (bicyclic) bond motifs is 1. The smallest absolute Gasteiger partial charge is 0.263 e. The minimum atomic E-state index is -0.111. The minimum Gasteiger partial charge on any atom is -0.397 e. The first-order valence-corrected chi connectivity index (χ1v) is 8.58. The molecule has 0 aliphatic rings. The zero-order valence-corrected chi connectivity index (χ0v) is 14.4. The lowest BCUT2D eigenvalue weighted by atomic mass is 10.2. The van der Waals surface area contributed by atoms with E-state index >= 15 is 0 Å². The van der Waals surface area contributed by atoms with Crippen LogP contribution in [0.2, 0.25) is 0 Å². The lowest BCUT2D eigenvalue weighted by Gasteiger charge is -2.05. The largest absolute Gasteiger partial charge is 0.397 e. The third-order valence-electron chi connectivity index (χ3n) is 2.99. The van der Waals surface area contributed by atoms with E-state index < -0.39 is 0 Å². The summed E-state index contributed by atoms with van der Waals surface area (Å²) in [7, 11) is 0. The molecule has 21 heavy (non-hydrogen) atoms. The second-order valence-corrected chi connectivity index (χ2v) is 6.68. The third-order valence-corrected chi connectivity index (χ3v) is 4.67. The van der Waals surface area contributed by atoms with Gasteiger partial charge in [0.1, 0.15) is 4.88 Å². The van der Waals surface area contributed by atoms with Crippen molar-refractivity contribution in [2.45, 2.75) is 19.8 Å². The van der Waals surface area contributed by atoms with Crippen molar-refractivity contribution < 1.29 is 9.53 Å². The van der Waals surface area contributed by atoms with Crippen LogP contribution in [-0.4, -0.2) is 25.7 Å². The van der Waals surface area contributed by atoms with Crippen LogP contribution in [0.5, 0.6) is 0 Å². The van der Waals surface area contributed by atoms with Crippen LogP contribution in [0.4, 0.5) is 5.69 Å². The van der Waals surface area contributed by atoms with Crippen LogP contribution in [0, 0.1) is 0 Å². The van der Waals surface area contributed by atoms with Gasteiger partial charge in [0.15, 0.2) is 0 Å². The number of rotatable bonds is 7. The Labute approximate surface area is 136 Å². The maximum atomic E-state index is 12.2. The fourth-order valence-corrected chi connectivity index (χ4v) is 3.34. The van der Waals surface area contributed by atoms with Crippen LogP contribution in [0.3, 0.4) is 0 Å². The number of nitrogen functional groups attached to an aromatic ring is 1. The summed E-state index contributed by atoms with van der Waals surface area (Å²) in [6.45, 7) is 4.11. The molecule has 0 saturated heterocycles. The predicted octanol–water partition coefficient (Wildman–Crippen LogP) is 3.79. The topological polar surface area (TPSA) is 64.3 Å². The van der Waals surface area contributed by atoms with E-state index in [9.17, 15) is 4.79 Å². The Morgan fingerprint density at radius 1 is 1.43 bits per heavy atom. The van der Waals surface area contributed by atoms with Gasteiger partial charge in [0.2, 0.25) is 0 Å².